The van der Waals surface area contributed by atoms with Crippen LogP contribution < -0.4 is 0 Å². The smallest absolute Gasteiger partial charge is 0.171 e. The highest BCUT2D eigenvalue weighted by Crippen LogP contribution is 2.38. The van der Waals surface area contributed by atoms with E-state index in [4.69, 9.17) is 0 Å². The van der Waals surface area contributed by atoms with Crippen LogP contribution >= 0.6 is 0 Å². The van der Waals surface area contributed by atoms with E-state index in [-0.39, 0.29) is 6.42 Å². The van der Waals surface area contributed by atoms with E-state index in [0.717, 1.165) is 11.5 Å². The highest BCUT2D eigenvalue weighted by molar-refractivity contribution is 5.26. The Morgan fingerprint density at radius 2 is 1.58 bits per heavy atom. The van der Waals surface area contributed by atoms with Crippen molar-refractivity contribution < 1.29 is 13.2 Å². The SMILES string of the molecule is CCCCCCC1CCC(c2ccc(CCC(F)(F)F)cc2)CC1. The molecule has 0 aromatic heterocycles. The Balaban J connectivity index is 1.73. The maximum atomic E-state index is 12.3. The van der Waals surface area contributed by atoms with Crippen molar-refractivity contribution in [3.05, 3.63) is 35.4 Å². The van der Waals surface area contributed by atoms with Gasteiger partial charge in [0, 0.05) is 6.42 Å². The maximum absolute atomic E-state index is 12.3. The van der Waals surface area contributed by atoms with Crippen LogP contribution in [-0.2, 0) is 6.42 Å². The zero-order valence-electron chi connectivity index (χ0n) is 14.9. The molecular formula is C21H31F3. The van der Waals surface area contributed by atoms with Crippen molar-refractivity contribution in [1.29, 1.82) is 0 Å². The summed E-state index contributed by atoms with van der Waals surface area (Å²) >= 11 is 0. The van der Waals surface area contributed by atoms with Crippen molar-refractivity contribution in [3.8, 4) is 0 Å². The summed E-state index contributed by atoms with van der Waals surface area (Å²) in [6, 6.07) is 7.88. The second kappa shape index (κ2) is 9.48. The average Bonchev–Trinajstić information content (AvgIpc) is 2.57. The number of hydrogen-bond acceptors (Lipinski definition) is 0. The van der Waals surface area contributed by atoms with Crippen LogP contribution in [0.1, 0.15) is 88.2 Å². The van der Waals surface area contributed by atoms with Gasteiger partial charge in [-0.2, -0.15) is 13.2 Å². The Morgan fingerprint density at radius 1 is 0.917 bits per heavy atom. The molecule has 3 heteroatoms. The topological polar surface area (TPSA) is 0 Å². The van der Waals surface area contributed by atoms with Gasteiger partial charge in [0.25, 0.3) is 0 Å². The largest absolute Gasteiger partial charge is 0.389 e. The molecule has 1 fully saturated rings. The lowest BCUT2D eigenvalue weighted by molar-refractivity contribution is -0.133. The van der Waals surface area contributed by atoms with Gasteiger partial charge < -0.3 is 0 Å². The summed E-state index contributed by atoms with van der Waals surface area (Å²) in [5.74, 6) is 1.50. The molecule has 136 valence electrons. The third kappa shape index (κ3) is 6.86. The summed E-state index contributed by atoms with van der Waals surface area (Å²) in [5.41, 5.74) is 2.11. The monoisotopic (exact) mass is 340 g/mol. The first-order valence-electron chi connectivity index (χ1n) is 9.63. The number of hydrogen-bond donors (Lipinski definition) is 0. The number of halogens is 3. The second-order valence-corrected chi connectivity index (χ2v) is 7.42. The molecule has 0 unspecified atom stereocenters. The predicted molar refractivity (Wildman–Crippen MR) is 94.3 cm³/mol. The molecule has 0 spiro atoms. The molecule has 0 nitrogen and oxygen atoms in total. The van der Waals surface area contributed by atoms with Crippen molar-refractivity contribution in [1.82, 2.24) is 0 Å². The van der Waals surface area contributed by atoms with Crippen LogP contribution in [0.15, 0.2) is 24.3 Å². The number of unbranched alkanes of at least 4 members (excludes halogenated alkanes) is 3. The summed E-state index contributed by atoms with van der Waals surface area (Å²) in [5, 5.41) is 0. The molecule has 0 radical (unpaired) electrons. The van der Waals surface area contributed by atoms with Gasteiger partial charge in [0.15, 0.2) is 0 Å². The molecular weight excluding hydrogens is 309 g/mol. The molecule has 1 saturated carbocycles. The minimum Gasteiger partial charge on any atom is -0.171 e. The van der Waals surface area contributed by atoms with Gasteiger partial charge >= 0.3 is 6.18 Å². The van der Waals surface area contributed by atoms with Crippen LogP contribution in [0.5, 0.6) is 0 Å². The lowest BCUT2D eigenvalue weighted by Crippen LogP contribution is -2.13. The van der Waals surface area contributed by atoms with E-state index in [9.17, 15) is 13.2 Å². The fraction of sp³-hybridized carbons (Fsp3) is 0.714. The lowest BCUT2D eigenvalue weighted by Gasteiger charge is -2.29. The van der Waals surface area contributed by atoms with E-state index in [0.29, 0.717) is 5.92 Å². The molecule has 0 bridgehead atoms. The van der Waals surface area contributed by atoms with Gasteiger partial charge in [0.2, 0.25) is 0 Å². The van der Waals surface area contributed by atoms with Crippen LogP contribution in [-0.4, -0.2) is 6.18 Å². The molecule has 1 aromatic carbocycles. The van der Waals surface area contributed by atoms with Crippen molar-refractivity contribution >= 4 is 0 Å². The van der Waals surface area contributed by atoms with Gasteiger partial charge in [0.1, 0.15) is 0 Å². The van der Waals surface area contributed by atoms with E-state index in [1.54, 1.807) is 0 Å². The van der Waals surface area contributed by atoms with Crippen LogP contribution in [0.25, 0.3) is 0 Å². The van der Waals surface area contributed by atoms with Crippen LogP contribution in [0, 0.1) is 5.92 Å². The third-order valence-electron chi connectivity index (χ3n) is 5.46. The summed E-state index contributed by atoms with van der Waals surface area (Å²) in [6.07, 6.45) is 7.18. The molecule has 2 rings (SSSR count). The summed E-state index contributed by atoms with van der Waals surface area (Å²) in [7, 11) is 0. The van der Waals surface area contributed by atoms with Gasteiger partial charge in [-0.05, 0) is 55.1 Å². The minimum absolute atomic E-state index is 0.0915. The third-order valence-corrected chi connectivity index (χ3v) is 5.46. The molecule has 0 N–H and O–H groups in total. The first-order valence-corrected chi connectivity index (χ1v) is 9.63. The molecule has 0 aliphatic heterocycles. The molecule has 1 aliphatic carbocycles. The van der Waals surface area contributed by atoms with Crippen LogP contribution in [0.4, 0.5) is 13.2 Å². The molecule has 1 aliphatic rings. The number of rotatable bonds is 8. The van der Waals surface area contributed by atoms with Crippen molar-refractivity contribution in [2.75, 3.05) is 0 Å². The van der Waals surface area contributed by atoms with Crippen LogP contribution in [0.2, 0.25) is 0 Å². The summed E-state index contributed by atoms with van der Waals surface area (Å²) in [6.45, 7) is 2.25. The Kier molecular flexibility index (Phi) is 7.64. The molecule has 0 saturated heterocycles. The van der Waals surface area contributed by atoms with Crippen LogP contribution in [0.3, 0.4) is 0 Å². The second-order valence-electron chi connectivity index (χ2n) is 7.42. The van der Waals surface area contributed by atoms with Gasteiger partial charge in [-0.25, -0.2) is 0 Å². The molecule has 0 atom stereocenters. The zero-order chi connectivity index (χ0) is 17.4. The zero-order valence-corrected chi connectivity index (χ0v) is 14.9. The standard InChI is InChI=1S/C21H31F3/c1-2-3-4-5-6-17-7-11-19(12-8-17)20-13-9-18(10-14-20)15-16-21(22,23)24/h9-10,13-14,17,19H,2-8,11-12,15-16H2,1H3. The average molecular weight is 340 g/mol. The summed E-state index contributed by atoms with van der Waals surface area (Å²) < 4.78 is 36.8. The highest BCUT2D eigenvalue weighted by Gasteiger charge is 2.26. The normalized spacial score (nSPS) is 21.8. The minimum atomic E-state index is -4.06. The van der Waals surface area contributed by atoms with E-state index in [2.05, 4.69) is 19.1 Å². The Bertz CT molecular complexity index is 453. The van der Waals surface area contributed by atoms with Gasteiger partial charge in [-0.3, -0.25) is 0 Å². The Labute approximate surface area is 144 Å². The summed E-state index contributed by atoms with van der Waals surface area (Å²) in [4.78, 5) is 0. The van der Waals surface area contributed by atoms with E-state index < -0.39 is 12.6 Å². The van der Waals surface area contributed by atoms with Crippen molar-refractivity contribution in [2.45, 2.75) is 89.6 Å². The van der Waals surface area contributed by atoms with E-state index in [1.807, 2.05) is 12.1 Å². The first kappa shape index (κ1) is 19.3. The van der Waals surface area contributed by atoms with Crippen molar-refractivity contribution in [2.24, 2.45) is 5.92 Å². The number of benzene rings is 1. The fourth-order valence-electron chi connectivity index (χ4n) is 3.89. The highest BCUT2D eigenvalue weighted by atomic mass is 19.4. The van der Waals surface area contributed by atoms with E-state index in [1.165, 1.54) is 63.4 Å². The number of aryl methyl sites for hydroxylation is 1. The molecule has 0 heterocycles. The van der Waals surface area contributed by atoms with Gasteiger partial charge in [-0.1, -0.05) is 63.3 Å². The van der Waals surface area contributed by atoms with Gasteiger partial charge in [0.05, 0.1) is 0 Å². The Morgan fingerprint density at radius 3 is 2.17 bits per heavy atom. The number of alkyl halides is 3. The molecule has 24 heavy (non-hydrogen) atoms. The first-order chi connectivity index (χ1) is 11.5. The molecule has 0 amide bonds. The molecule has 1 aromatic rings. The Hall–Kier alpha value is -0.990. The maximum Gasteiger partial charge on any atom is 0.389 e. The predicted octanol–water partition coefficient (Wildman–Crippen LogP) is 7.43. The van der Waals surface area contributed by atoms with E-state index >= 15 is 0 Å². The van der Waals surface area contributed by atoms with Gasteiger partial charge in [-0.15, -0.1) is 0 Å². The lowest BCUT2D eigenvalue weighted by atomic mass is 9.77. The quantitative estimate of drug-likeness (QED) is 0.432. The van der Waals surface area contributed by atoms with Crippen molar-refractivity contribution in [3.63, 3.8) is 0 Å². The fourth-order valence-corrected chi connectivity index (χ4v) is 3.89.